The minimum absolute atomic E-state index is 0.330. The van der Waals surface area contributed by atoms with E-state index in [0.717, 1.165) is 75.5 Å². The molecule has 0 unspecified atom stereocenters. The minimum atomic E-state index is 0.330. The zero-order chi connectivity index (χ0) is 23.5. The Labute approximate surface area is 211 Å². The number of Topliss-reactive ketones (excluding diaryl/α,β-unsaturated/α-hetero) is 1. The summed E-state index contributed by atoms with van der Waals surface area (Å²) in [5, 5.41) is 9.84. The van der Waals surface area contributed by atoms with E-state index in [4.69, 9.17) is 23.2 Å². The normalized spacial score (nSPS) is 20.9. The predicted molar refractivity (Wildman–Crippen MR) is 137 cm³/mol. The summed E-state index contributed by atoms with van der Waals surface area (Å²) in [6.07, 6.45) is 4.10. The van der Waals surface area contributed by atoms with Crippen LogP contribution in [0.25, 0.3) is 11.3 Å². The number of piperazine rings is 2. The molecule has 3 heterocycles. The third kappa shape index (κ3) is 5.71. The van der Waals surface area contributed by atoms with Crippen LogP contribution in [-0.4, -0.2) is 102 Å². The van der Waals surface area contributed by atoms with Gasteiger partial charge < -0.3 is 4.90 Å². The first kappa shape index (κ1) is 23.9. The van der Waals surface area contributed by atoms with Gasteiger partial charge in [-0.2, -0.15) is 0 Å². The van der Waals surface area contributed by atoms with Crippen LogP contribution in [0.4, 0.5) is 5.82 Å². The number of hydrogen-bond acceptors (Lipinski definition) is 7. The lowest BCUT2D eigenvalue weighted by atomic mass is 9.91. The lowest BCUT2D eigenvalue weighted by molar-refractivity contribution is -0.122. The van der Waals surface area contributed by atoms with Crippen molar-refractivity contribution in [2.75, 3.05) is 70.3 Å². The summed E-state index contributed by atoms with van der Waals surface area (Å²) in [5.41, 5.74) is 1.65. The molecule has 2 aliphatic heterocycles. The second-order valence-electron chi connectivity index (χ2n) is 9.60. The van der Waals surface area contributed by atoms with Crippen molar-refractivity contribution in [1.82, 2.24) is 24.9 Å². The van der Waals surface area contributed by atoms with Crippen LogP contribution in [0.1, 0.15) is 19.3 Å². The SMILES string of the molecule is O=C(CN1CCN(c2ccc(-c3ccc(Cl)c(Cl)c3)nn2)CC1)CN1CCN(C2CCC2)CC1. The van der Waals surface area contributed by atoms with Crippen molar-refractivity contribution in [1.29, 1.82) is 0 Å². The molecule has 1 aromatic carbocycles. The number of benzene rings is 1. The molecule has 34 heavy (non-hydrogen) atoms. The van der Waals surface area contributed by atoms with Crippen LogP contribution in [0.3, 0.4) is 0 Å². The molecule has 1 aromatic heterocycles. The largest absolute Gasteiger partial charge is 0.353 e. The first-order valence-electron chi connectivity index (χ1n) is 12.3. The Morgan fingerprint density at radius 2 is 1.50 bits per heavy atom. The zero-order valence-corrected chi connectivity index (χ0v) is 21.0. The van der Waals surface area contributed by atoms with Gasteiger partial charge in [0.2, 0.25) is 0 Å². The number of halogens is 2. The number of aromatic nitrogens is 2. The molecular weight excluding hydrogens is 471 g/mol. The molecular formula is C25H32Cl2N6O. The molecule has 0 spiro atoms. The van der Waals surface area contributed by atoms with Gasteiger partial charge in [-0.25, -0.2) is 0 Å². The van der Waals surface area contributed by atoms with E-state index in [1.54, 1.807) is 12.1 Å². The van der Waals surface area contributed by atoms with Gasteiger partial charge in [-0.15, -0.1) is 10.2 Å². The summed E-state index contributed by atoms with van der Waals surface area (Å²) in [6.45, 7) is 8.79. The minimum Gasteiger partial charge on any atom is -0.353 e. The highest BCUT2D eigenvalue weighted by molar-refractivity contribution is 6.42. The van der Waals surface area contributed by atoms with E-state index in [9.17, 15) is 4.79 Å². The predicted octanol–water partition coefficient (Wildman–Crippen LogP) is 3.31. The van der Waals surface area contributed by atoms with Crippen LogP contribution in [-0.2, 0) is 4.79 Å². The molecule has 0 bridgehead atoms. The lowest BCUT2D eigenvalue weighted by Gasteiger charge is -2.43. The lowest BCUT2D eigenvalue weighted by Crippen LogP contribution is -2.54. The Morgan fingerprint density at radius 1 is 0.824 bits per heavy atom. The Balaban J connectivity index is 1.05. The summed E-state index contributed by atoms with van der Waals surface area (Å²) in [4.78, 5) is 22.1. The van der Waals surface area contributed by atoms with E-state index in [-0.39, 0.29) is 0 Å². The standard InChI is InChI=1S/C25H32Cl2N6O/c26-22-5-4-19(16-23(22)27)24-6-7-25(29-28-24)33-14-10-31(11-15-33)18-21(34)17-30-8-12-32(13-9-30)20-2-1-3-20/h4-7,16,20H,1-3,8-15,17-18H2. The number of carbonyl (C=O) groups is 1. The molecule has 182 valence electrons. The third-order valence-electron chi connectivity index (χ3n) is 7.36. The number of carbonyl (C=O) groups excluding carboxylic acids is 1. The van der Waals surface area contributed by atoms with Gasteiger partial charge in [0.25, 0.3) is 0 Å². The van der Waals surface area contributed by atoms with E-state index >= 15 is 0 Å². The van der Waals surface area contributed by atoms with Gasteiger partial charge in [0.05, 0.1) is 28.8 Å². The molecule has 0 atom stereocenters. The summed E-state index contributed by atoms with van der Waals surface area (Å²) >= 11 is 12.1. The highest BCUT2D eigenvalue weighted by Gasteiger charge is 2.28. The number of rotatable bonds is 7. The van der Waals surface area contributed by atoms with Gasteiger partial charge in [0.1, 0.15) is 0 Å². The van der Waals surface area contributed by atoms with Crippen LogP contribution < -0.4 is 4.90 Å². The number of nitrogens with zero attached hydrogens (tertiary/aromatic N) is 6. The zero-order valence-electron chi connectivity index (χ0n) is 19.5. The van der Waals surface area contributed by atoms with Crippen molar-refractivity contribution in [3.63, 3.8) is 0 Å². The van der Waals surface area contributed by atoms with E-state index in [0.29, 0.717) is 28.9 Å². The molecule has 1 aliphatic carbocycles. The first-order valence-corrected chi connectivity index (χ1v) is 13.1. The number of anilines is 1. The van der Waals surface area contributed by atoms with E-state index in [1.807, 2.05) is 18.2 Å². The molecule has 3 aliphatic rings. The molecule has 5 rings (SSSR count). The van der Waals surface area contributed by atoms with E-state index < -0.39 is 0 Å². The third-order valence-corrected chi connectivity index (χ3v) is 8.10. The maximum atomic E-state index is 12.7. The molecule has 0 amide bonds. The molecule has 3 fully saturated rings. The second-order valence-corrected chi connectivity index (χ2v) is 10.4. The topological polar surface area (TPSA) is 55.8 Å². The molecule has 0 N–H and O–H groups in total. The smallest absolute Gasteiger partial charge is 0.160 e. The van der Waals surface area contributed by atoms with Gasteiger partial charge in [-0.05, 0) is 37.1 Å². The summed E-state index contributed by atoms with van der Waals surface area (Å²) in [5.74, 6) is 1.19. The van der Waals surface area contributed by atoms with Crippen LogP contribution in [0.5, 0.6) is 0 Å². The monoisotopic (exact) mass is 502 g/mol. The molecule has 2 aromatic rings. The van der Waals surface area contributed by atoms with Crippen LogP contribution >= 0.6 is 23.2 Å². The summed E-state index contributed by atoms with van der Waals surface area (Å²) in [7, 11) is 0. The van der Waals surface area contributed by atoms with Gasteiger partial charge >= 0.3 is 0 Å². The highest BCUT2D eigenvalue weighted by atomic mass is 35.5. The Hall–Kier alpha value is -1.77. The molecule has 9 heteroatoms. The van der Waals surface area contributed by atoms with Crippen molar-refractivity contribution in [3.05, 3.63) is 40.4 Å². The van der Waals surface area contributed by atoms with Crippen LogP contribution in [0.2, 0.25) is 10.0 Å². The molecule has 1 saturated carbocycles. The fourth-order valence-corrected chi connectivity index (χ4v) is 5.32. The maximum Gasteiger partial charge on any atom is 0.160 e. The van der Waals surface area contributed by atoms with Crippen molar-refractivity contribution in [2.24, 2.45) is 0 Å². The van der Waals surface area contributed by atoms with Gasteiger partial charge in [-0.1, -0.05) is 35.7 Å². The molecule has 2 saturated heterocycles. The average Bonchev–Trinajstić information content (AvgIpc) is 2.82. The average molecular weight is 503 g/mol. The van der Waals surface area contributed by atoms with E-state index in [1.165, 1.54) is 19.3 Å². The fourth-order valence-electron chi connectivity index (χ4n) is 5.03. The Kier molecular flexibility index (Phi) is 7.66. The van der Waals surface area contributed by atoms with Crippen molar-refractivity contribution < 1.29 is 4.79 Å². The van der Waals surface area contributed by atoms with Crippen molar-refractivity contribution >= 4 is 34.8 Å². The van der Waals surface area contributed by atoms with Gasteiger partial charge in [0, 0.05) is 64.0 Å². The van der Waals surface area contributed by atoms with Crippen molar-refractivity contribution in [3.8, 4) is 11.3 Å². The van der Waals surface area contributed by atoms with Crippen molar-refractivity contribution in [2.45, 2.75) is 25.3 Å². The van der Waals surface area contributed by atoms with Gasteiger partial charge in [0.15, 0.2) is 11.6 Å². The van der Waals surface area contributed by atoms with Crippen LogP contribution in [0.15, 0.2) is 30.3 Å². The van der Waals surface area contributed by atoms with Crippen LogP contribution in [0, 0.1) is 0 Å². The maximum absolute atomic E-state index is 12.7. The second kappa shape index (κ2) is 10.9. The Morgan fingerprint density at radius 3 is 2.06 bits per heavy atom. The Bertz CT molecular complexity index is 983. The summed E-state index contributed by atoms with van der Waals surface area (Å²) < 4.78 is 0. The summed E-state index contributed by atoms with van der Waals surface area (Å²) in [6, 6.07) is 10.2. The fraction of sp³-hybridized carbons (Fsp3) is 0.560. The van der Waals surface area contributed by atoms with E-state index in [2.05, 4.69) is 29.8 Å². The molecule has 7 nitrogen and oxygen atoms in total. The first-order chi connectivity index (χ1) is 16.5. The quantitative estimate of drug-likeness (QED) is 0.575. The molecule has 0 radical (unpaired) electrons. The van der Waals surface area contributed by atoms with Gasteiger partial charge in [-0.3, -0.25) is 19.5 Å². The number of hydrogen-bond donors (Lipinski definition) is 0. The number of ketones is 1. The highest BCUT2D eigenvalue weighted by Crippen LogP contribution is 2.28.